The van der Waals surface area contributed by atoms with Crippen molar-refractivity contribution in [3.63, 3.8) is 0 Å². The van der Waals surface area contributed by atoms with Crippen molar-refractivity contribution in [3.05, 3.63) is 0 Å². The van der Waals surface area contributed by atoms with Crippen LogP contribution in [0.1, 0.15) is 25.7 Å². The summed E-state index contributed by atoms with van der Waals surface area (Å²) in [6.07, 6.45) is 3.40. The quantitative estimate of drug-likeness (QED) is 0.674. The van der Waals surface area contributed by atoms with E-state index in [1.54, 1.807) is 11.9 Å². The van der Waals surface area contributed by atoms with Crippen molar-refractivity contribution in [2.45, 2.75) is 37.8 Å². The fraction of sp³-hybridized carbons (Fsp3) is 0.818. The summed E-state index contributed by atoms with van der Waals surface area (Å²) in [6, 6.07) is -0.185. The molecule has 0 bridgehead atoms. The molecule has 1 heterocycles. The first-order chi connectivity index (χ1) is 7.63. The molecule has 3 N–H and O–H groups in total. The van der Waals surface area contributed by atoms with E-state index in [2.05, 4.69) is 5.32 Å². The van der Waals surface area contributed by atoms with Gasteiger partial charge in [0.05, 0.1) is 0 Å². The Morgan fingerprint density at radius 2 is 2.25 bits per heavy atom. The molecule has 2 atom stereocenters. The van der Waals surface area contributed by atoms with Crippen molar-refractivity contribution in [1.29, 1.82) is 0 Å². The molecule has 5 heteroatoms. The fourth-order valence-corrected chi connectivity index (χ4v) is 2.36. The highest BCUT2D eigenvalue weighted by Crippen LogP contribution is 2.34. The van der Waals surface area contributed by atoms with Crippen molar-refractivity contribution < 1.29 is 9.59 Å². The first kappa shape index (κ1) is 11.4. The van der Waals surface area contributed by atoms with E-state index >= 15 is 0 Å². The predicted molar refractivity (Wildman–Crippen MR) is 59.5 cm³/mol. The minimum atomic E-state index is -0.328. The number of hydrogen-bond donors (Lipinski definition) is 2. The summed E-state index contributed by atoms with van der Waals surface area (Å²) >= 11 is 0. The molecule has 1 aliphatic carbocycles. The van der Waals surface area contributed by atoms with Crippen LogP contribution in [0.5, 0.6) is 0 Å². The third-order valence-electron chi connectivity index (χ3n) is 3.55. The van der Waals surface area contributed by atoms with Gasteiger partial charge in [0.2, 0.25) is 11.8 Å². The van der Waals surface area contributed by atoms with E-state index < -0.39 is 0 Å². The lowest BCUT2D eigenvalue weighted by Crippen LogP contribution is -2.50. The Labute approximate surface area is 95.3 Å². The molecule has 0 radical (unpaired) electrons. The van der Waals surface area contributed by atoms with E-state index in [0.29, 0.717) is 25.3 Å². The standard InChI is InChI=1S/C11H19N3O2/c1-14(9(6-12)7-2-3-7)11(16)8-4-5-10(15)13-8/h7-9H,2-6,12H2,1H3,(H,13,15)/t8-,9?/m1/s1. The molecule has 1 aliphatic heterocycles. The maximum atomic E-state index is 12.1. The summed E-state index contributed by atoms with van der Waals surface area (Å²) in [4.78, 5) is 24.9. The van der Waals surface area contributed by atoms with Gasteiger partial charge >= 0.3 is 0 Å². The minimum Gasteiger partial charge on any atom is -0.344 e. The molecule has 16 heavy (non-hydrogen) atoms. The monoisotopic (exact) mass is 225 g/mol. The first-order valence-electron chi connectivity index (χ1n) is 5.89. The number of nitrogens with two attached hydrogens (primary N) is 1. The largest absolute Gasteiger partial charge is 0.344 e. The second kappa shape index (κ2) is 4.41. The lowest BCUT2D eigenvalue weighted by Gasteiger charge is -2.29. The topological polar surface area (TPSA) is 75.4 Å². The molecule has 2 amide bonds. The lowest BCUT2D eigenvalue weighted by molar-refractivity contribution is -0.135. The van der Waals surface area contributed by atoms with E-state index in [9.17, 15) is 9.59 Å². The lowest BCUT2D eigenvalue weighted by atomic mass is 10.1. The van der Waals surface area contributed by atoms with Gasteiger partial charge in [0.1, 0.15) is 6.04 Å². The molecule has 1 unspecified atom stereocenters. The van der Waals surface area contributed by atoms with Crippen LogP contribution in [0, 0.1) is 5.92 Å². The number of nitrogens with zero attached hydrogens (tertiary/aromatic N) is 1. The Bertz CT molecular complexity index is 302. The van der Waals surface area contributed by atoms with Crippen molar-refractivity contribution in [1.82, 2.24) is 10.2 Å². The number of nitrogens with one attached hydrogen (secondary N) is 1. The maximum absolute atomic E-state index is 12.1. The summed E-state index contributed by atoms with van der Waals surface area (Å²) in [6.45, 7) is 0.508. The van der Waals surface area contributed by atoms with Gasteiger partial charge in [-0.15, -0.1) is 0 Å². The van der Waals surface area contributed by atoms with E-state index in [1.807, 2.05) is 0 Å². The summed E-state index contributed by atoms with van der Waals surface area (Å²) in [5.74, 6) is 0.548. The average molecular weight is 225 g/mol. The van der Waals surface area contributed by atoms with E-state index in [1.165, 1.54) is 0 Å². The van der Waals surface area contributed by atoms with Crippen LogP contribution in [0.15, 0.2) is 0 Å². The van der Waals surface area contributed by atoms with Gasteiger partial charge in [-0.1, -0.05) is 0 Å². The second-order valence-electron chi connectivity index (χ2n) is 4.75. The van der Waals surface area contributed by atoms with Crippen molar-refractivity contribution in [3.8, 4) is 0 Å². The Morgan fingerprint density at radius 3 is 2.69 bits per heavy atom. The van der Waals surface area contributed by atoms with E-state index in [0.717, 1.165) is 12.8 Å². The van der Waals surface area contributed by atoms with Gasteiger partial charge in [0, 0.05) is 26.1 Å². The van der Waals surface area contributed by atoms with Crippen LogP contribution < -0.4 is 11.1 Å². The van der Waals surface area contributed by atoms with Gasteiger partial charge in [0.15, 0.2) is 0 Å². The number of amides is 2. The van der Waals surface area contributed by atoms with Crippen LogP contribution in [0.3, 0.4) is 0 Å². The minimum absolute atomic E-state index is 0.00759. The molecular weight excluding hydrogens is 206 g/mol. The maximum Gasteiger partial charge on any atom is 0.245 e. The Balaban J connectivity index is 1.94. The molecule has 0 aromatic rings. The van der Waals surface area contributed by atoms with Gasteiger partial charge in [-0.2, -0.15) is 0 Å². The zero-order valence-electron chi connectivity index (χ0n) is 9.61. The molecule has 0 aromatic heterocycles. The number of hydrogen-bond acceptors (Lipinski definition) is 3. The third kappa shape index (κ3) is 2.19. The number of carbonyl (C=O) groups is 2. The molecule has 1 saturated carbocycles. The molecule has 2 fully saturated rings. The molecule has 5 nitrogen and oxygen atoms in total. The zero-order valence-corrected chi connectivity index (χ0v) is 9.61. The van der Waals surface area contributed by atoms with Crippen LogP contribution >= 0.6 is 0 Å². The smallest absolute Gasteiger partial charge is 0.245 e. The number of carbonyl (C=O) groups excluding carboxylic acids is 2. The highest BCUT2D eigenvalue weighted by molar-refractivity contribution is 5.90. The molecule has 2 aliphatic rings. The Morgan fingerprint density at radius 1 is 1.56 bits per heavy atom. The van der Waals surface area contributed by atoms with Gasteiger partial charge in [-0.3, -0.25) is 9.59 Å². The van der Waals surface area contributed by atoms with Crippen molar-refractivity contribution >= 4 is 11.8 Å². The van der Waals surface area contributed by atoms with E-state index in [4.69, 9.17) is 5.73 Å². The molecule has 0 aromatic carbocycles. The van der Waals surface area contributed by atoms with Gasteiger partial charge < -0.3 is 16.0 Å². The van der Waals surface area contributed by atoms with Gasteiger partial charge in [0.25, 0.3) is 0 Å². The van der Waals surface area contributed by atoms with Gasteiger partial charge in [-0.25, -0.2) is 0 Å². The van der Waals surface area contributed by atoms with Crippen molar-refractivity contribution in [2.75, 3.05) is 13.6 Å². The highest BCUT2D eigenvalue weighted by Gasteiger charge is 2.38. The number of rotatable bonds is 4. The third-order valence-corrected chi connectivity index (χ3v) is 3.55. The molecular formula is C11H19N3O2. The molecule has 90 valence electrons. The molecule has 0 spiro atoms. The summed E-state index contributed by atoms with van der Waals surface area (Å²) in [7, 11) is 1.79. The fourth-order valence-electron chi connectivity index (χ4n) is 2.36. The van der Waals surface area contributed by atoms with Crippen LogP contribution in [0.2, 0.25) is 0 Å². The Hall–Kier alpha value is -1.10. The second-order valence-corrected chi connectivity index (χ2v) is 4.75. The predicted octanol–water partition coefficient (Wildman–Crippen LogP) is -0.539. The van der Waals surface area contributed by atoms with E-state index in [-0.39, 0.29) is 23.9 Å². The summed E-state index contributed by atoms with van der Waals surface area (Å²) in [5.41, 5.74) is 5.70. The highest BCUT2D eigenvalue weighted by atomic mass is 16.2. The summed E-state index contributed by atoms with van der Waals surface area (Å²) in [5, 5.41) is 2.70. The summed E-state index contributed by atoms with van der Waals surface area (Å²) < 4.78 is 0. The average Bonchev–Trinajstić information content (AvgIpc) is 3.00. The molecule has 2 rings (SSSR count). The van der Waals surface area contributed by atoms with Gasteiger partial charge in [-0.05, 0) is 25.2 Å². The van der Waals surface area contributed by atoms with Crippen LogP contribution in [0.25, 0.3) is 0 Å². The zero-order chi connectivity index (χ0) is 11.7. The SMILES string of the molecule is CN(C(=O)[C@H]1CCC(=O)N1)C(CN)C1CC1. The molecule has 1 saturated heterocycles. The Kier molecular flexibility index (Phi) is 3.14. The first-order valence-corrected chi connectivity index (χ1v) is 5.89. The van der Waals surface area contributed by atoms with Crippen molar-refractivity contribution in [2.24, 2.45) is 11.7 Å². The normalized spacial score (nSPS) is 26.4. The van der Waals surface area contributed by atoms with Crippen LogP contribution in [-0.4, -0.2) is 42.4 Å². The number of likely N-dealkylation sites (N-methyl/N-ethyl adjacent to an activating group) is 1. The van der Waals surface area contributed by atoms with Crippen LogP contribution in [-0.2, 0) is 9.59 Å². The van der Waals surface area contributed by atoms with Crippen LogP contribution in [0.4, 0.5) is 0 Å².